The lowest BCUT2D eigenvalue weighted by Crippen LogP contribution is -2.31. The highest BCUT2D eigenvalue weighted by molar-refractivity contribution is 6.01. The van der Waals surface area contributed by atoms with Crippen molar-refractivity contribution in [2.24, 2.45) is 5.73 Å². The summed E-state index contributed by atoms with van der Waals surface area (Å²) in [4.78, 5) is 35.8. The minimum atomic E-state index is -5.08. The van der Waals surface area contributed by atoms with Gasteiger partial charge in [0.1, 0.15) is 17.3 Å². The third-order valence-electron chi connectivity index (χ3n) is 6.87. The van der Waals surface area contributed by atoms with Crippen molar-refractivity contribution in [3.8, 4) is 5.75 Å². The van der Waals surface area contributed by atoms with Crippen molar-refractivity contribution < 1.29 is 55.7 Å². The van der Waals surface area contributed by atoms with E-state index in [-0.39, 0.29) is 17.8 Å². The molecule has 17 heteroatoms. The number of nitrogens with two attached hydrogens (primary N) is 1. The Hall–Kier alpha value is -6.39. The molecule has 0 saturated carbocycles. The summed E-state index contributed by atoms with van der Waals surface area (Å²) in [6, 6.07) is 28.5. The van der Waals surface area contributed by atoms with E-state index in [4.69, 9.17) is 35.7 Å². The number of amidine groups is 1. The highest BCUT2D eigenvalue weighted by Gasteiger charge is 2.39. The van der Waals surface area contributed by atoms with Gasteiger partial charge in [0.05, 0.1) is 18.7 Å². The van der Waals surface area contributed by atoms with E-state index in [2.05, 4.69) is 10.3 Å². The van der Waals surface area contributed by atoms with Crippen molar-refractivity contribution in [3.63, 3.8) is 0 Å². The van der Waals surface area contributed by atoms with Crippen molar-refractivity contribution in [3.05, 3.63) is 131 Å². The molecule has 11 nitrogen and oxygen atoms in total. The third kappa shape index (κ3) is 10.8. The number of hydrogen-bond donors (Lipinski definition) is 5. The van der Waals surface area contributed by atoms with E-state index in [0.717, 1.165) is 27.6 Å². The molecule has 5 aromatic rings. The number of benzene rings is 3. The van der Waals surface area contributed by atoms with Gasteiger partial charge in [-0.05, 0) is 53.1 Å². The molecule has 2 heterocycles. The van der Waals surface area contributed by atoms with Gasteiger partial charge in [-0.3, -0.25) is 15.2 Å². The number of amides is 1. The molecule has 0 fully saturated rings. The Bertz CT molecular complexity index is 1920. The zero-order valence-electron chi connectivity index (χ0n) is 26.4. The first kappa shape index (κ1) is 39.1. The average Bonchev–Trinajstić information content (AvgIpc) is 3.46. The SMILES string of the molecule is COc1cccc2c1cc(C(=O)NC(c1ccccc1)c1ccncc1)n2Cc1cccc(C(=N)N)c1.O=C(O)C(F)(F)F.O=C(O)C(F)(F)F. The molecule has 6 N–H and O–H groups in total. The standard InChI is InChI=1S/C30H27N5O2.2C2HF3O2/c1-37-27-12-6-11-25-24(27)18-26(35(25)19-20-7-5-10-23(17-20)29(31)32)30(36)34-28(21-8-3-2-4-9-21)22-13-15-33-16-14-22;2*3-2(4,5)1(6)7/h2-18,28H,19H2,1H3,(H3,31,32)(H,34,36);2*(H,6,7). The van der Waals surface area contributed by atoms with E-state index in [9.17, 15) is 31.1 Å². The van der Waals surface area contributed by atoms with Crippen LogP contribution >= 0.6 is 0 Å². The molecule has 51 heavy (non-hydrogen) atoms. The Labute approximate surface area is 285 Å². The lowest BCUT2D eigenvalue weighted by Gasteiger charge is -2.20. The lowest BCUT2D eigenvalue weighted by molar-refractivity contribution is -0.193. The van der Waals surface area contributed by atoms with Gasteiger partial charge in [0.2, 0.25) is 0 Å². The molecular formula is C34H29F6N5O6. The Kier molecular flexibility index (Phi) is 12.9. The summed E-state index contributed by atoms with van der Waals surface area (Å²) >= 11 is 0. The zero-order valence-corrected chi connectivity index (χ0v) is 26.4. The van der Waals surface area contributed by atoms with Crippen LogP contribution in [0.25, 0.3) is 10.9 Å². The van der Waals surface area contributed by atoms with Crippen LogP contribution in [0.5, 0.6) is 5.75 Å². The van der Waals surface area contributed by atoms with Crippen LogP contribution in [0.1, 0.15) is 38.8 Å². The number of nitrogens with zero attached hydrogens (tertiary/aromatic N) is 2. The van der Waals surface area contributed by atoms with Crippen LogP contribution in [-0.4, -0.2) is 62.9 Å². The summed E-state index contributed by atoms with van der Waals surface area (Å²) in [7, 11) is 1.62. The first-order chi connectivity index (χ1) is 23.9. The van der Waals surface area contributed by atoms with Gasteiger partial charge in [0.15, 0.2) is 0 Å². The summed E-state index contributed by atoms with van der Waals surface area (Å²) in [6.07, 6.45) is -6.72. The van der Waals surface area contributed by atoms with Crippen molar-refractivity contribution in [1.82, 2.24) is 14.9 Å². The van der Waals surface area contributed by atoms with E-state index in [1.54, 1.807) is 25.6 Å². The highest BCUT2D eigenvalue weighted by atomic mass is 19.4. The number of nitrogens with one attached hydrogen (secondary N) is 2. The molecule has 0 aliphatic carbocycles. The van der Waals surface area contributed by atoms with E-state index in [1.807, 2.05) is 89.5 Å². The van der Waals surface area contributed by atoms with Crippen molar-refractivity contribution >= 4 is 34.6 Å². The van der Waals surface area contributed by atoms with Crippen LogP contribution in [0.4, 0.5) is 26.3 Å². The fraction of sp³-hybridized carbons (Fsp3) is 0.147. The first-order valence-electron chi connectivity index (χ1n) is 14.4. The number of carbonyl (C=O) groups excluding carboxylic acids is 1. The average molecular weight is 718 g/mol. The molecule has 0 bridgehead atoms. The van der Waals surface area contributed by atoms with Gasteiger partial charge in [-0.2, -0.15) is 26.3 Å². The highest BCUT2D eigenvalue weighted by Crippen LogP contribution is 2.31. The van der Waals surface area contributed by atoms with Crippen molar-refractivity contribution in [1.29, 1.82) is 5.41 Å². The fourth-order valence-electron chi connectivity index (χ4n) is 4.58. The number of carboxylic acids is 2. The predicted molar refractivity (Wildman–Crippen MR) is 172 cm³/mol. The number of hydrogen-bond acceptors (Lipinski definition) is 6. The second-order valence-corrected chi connectivity index (χ2v) is 10.3. The molecule has 2 aromatic heterocycles. The molecule has 1 unspecified atom stereocenters. The summed E-state index contributed by atoms with van der Waals surface area (Å²) in [5.74, 6) is -5.04. The number of halogens is 6. The molecule has 0 saturated heterocycles. The van der Waals surface area contributed by atoms with Crippen molar-refractivity contribution in [2.45, 2.75) is 24.9 Å². The van der Waals surface area contributed by atoms with Gasteiger partial charge in [0, 0.05) is 29.9 Å². The number of aliphatic carboxylic acids is 2. The molecule has 0 radical (unpaired) electrons. The van der Waals surface area contributed by atoms with E-state index in [1.165, 1.54) is 0 Å². The molecule has 1 amide bonds. The molecule has 0 aliphatic heterocycles. The van der Waals surface area contributed by atoms with Crippen LogP contribution in [0.2, 0.25) is 0 Å². The van der Waals surface area contributed by atoms with Gasteiger partial charge >= 0.3 is 24.3 Å². The van der Waals surface area contributed by atoms with Crippen molar-refractivity contribution in [2.75, 3.05) is 7.11 Å². The second kappa shape index (κ2) is 16.8. The largest absolute Gasteiger partial charge is 0.496 e. The molecule has 268 valence electrons. The minimum Gasteiger partial charge on any atom is -0.496 e. The summed E-state index contributed by atoms with van der Waals surface area (Å²) < 4.78 is 71.0. The van der Waals surface area contributed by atoms with Crippen LogP contribution < -0.4 is 15.8 Å². The maximum absolute atomic E-state index is 13.9. The number of rotatable bonds is 8. The molecule has 5 rings (SSSR count). The Balaban J connectivity index is 0.000000424. The maximum atomic E-state index is 13.9. The third-order valence-corrected chi connectivity index (χ3v) is 6.87. The van der Waals surface area contributed by atoms with Gasteiger partial charge in [-0.1, -0.05) is 54.6 Å². The molecule has 3 aromatic carbocycles. The number of methoxy groups -OCH3 is 1. The van der Waals surface area contributed by atoms with Crippen LogP contribution in [0, 0.1) is 5.41 Å². The fourth-order valence-corrected chi connectivity index (χ4v) is 4.58. The number of ether oxygens (including phenoxy) is 1. The minimum absolute atomic E-state index is 0.00176. The summed E-state index contributed by atoms with van der Waals surface area (Å²) in [5.41, 5.74) is 10.6. The topological polar surface area (TPSA) is 181 Å². The van der Waals surface area contributed by atoms with Gasteiger partial charge in [-0.25, -0.2) is 9.59 Å². The second-order valence-electron chi connectivity index (χ2n) is 10.3. The number of pyridine rings is 1. The Morgan fingerprint density at radius 3 is 1.92 bits per heavy atom. The first-order valence-corrected chi connectivity index (χ1v) is 14.4. The monoisotopic (exact) mass is 717 g/mol. The normalized spacial score (nSPS) is 11.6. The summed E-state index contributed by atoms with van der Waals surface area (Å²) in [6.45, 7) is 0.422. The lowest BCUT2D eigenvalue weighted by atomic mass is 9.99. The maximum Gasteiger partial charge on any atom is 0.490 e. The molecular weight excluding hydrogens is 688 g/mol. The number of carboxylic acid groups (broad SMARTS) is 2. The molecule has 0 spiro atoms. The predicted octanol–water partition coefficient (Wildman–Crippen LogP) is 6.16. The Morgan fingerprint density at radius 2 is 1.39 bits per heavy atom. The molecule has 1 atom stereocenters. The van der Waals surface area contributed by atoms with Crippen LogP contribution in [-0.2, 0) is 16.1 Å². The molecule has 0 aliphatic rings. The zero-order chi connectivity index (χ0) is 37.9. The van der Waals surface area contributed by atoms with Crippen LogP contribution in [0.3, 0.4) is 0 Å². The van der Waals surface area contributed by atoms with Gasteiger partial charge in [0.25, 0.3) is 5.91 Å². The van der Waals surface area contributed by atoms with E-state index in [0.29, 0.717) is 23.6 Å². The van der Waals surface area contributed by atoms with E-state index >= 15 is 0 Å². The van der Waals surface area contributed by atoms with Gasteiger partial charge < -0.3 is 30.6 Å². The number of aromatic nitrogens is 2. The number of carbonyl (C=O) groups is 3. The Morgan fingerprint density at radius 1 is 0.843 bits per heavy atom. The smallest absolute Gasteiger partial charge is 0.490 e. The van der Waals surface area contributed by atoms with E-state index < -0.39 is 24.3 Å². The number of fused-ring (bicyclic) bond motifs is 1. The number of alkyl halides is 6. The van der Waals surface area contributed by atoms with Crippen LogP contribution in [0.15, 0.2) is 103 Å². The quantitative estimate of drug-likeness (QED) is 0.0719. The summed E-state index contributed by atoms with van der Waals surface area (Å²) in [5, 5.41) is 26.1. The number of nitrogen functional groups attached to an aromatic ring is 1. The van der Waals surface area contributed by atoms with Gasteiger partial charge in [-0.15, -0.1) is 0 Å².